The molecule has 1 aliphatic rings. The fourth-order valence-electron chi connectivity index (χ4n) is 3.35. The van der Waals surface area contributed by atoms with E-state index < -0.39 is 22.9 Å². The Balaban J connectivity index is 2.85. The van der Waals surface area contributed by atoms with Crippen LogP contribution in [0, 0.1) is 0 Å². The van der Waals surface area contributed by atoms with Crippen molar-refractivity contribution in [2.45, 2.75) is 57.7 Å². The SMILES string of the molecule is COCCNC(=O)C(=O)N1C(C)(C)CC(N)CC1(C)C. The molecule has 1 fully saturated rings. The molecule has 3 N–H and O–H groups in total. The molecule has 0 aliphatic carbocycles. The van der Waals surface area contributed by atoms with Gasteiger partial charge < -0.3 is 20.7 Å². The van der Waals surface area contributed by atoms with Gasteiger partial charge in [0.1, 0.15) is 0 Å². The van der Waals surface area contributed by atoms with Gasteiger partial charge in [-0.3, -0.25) is 9.59 Å². The van der Waals surface area contributed by atoms with E-state index in [9.17, 15) is 9.59 Å². The number of hydrogen-bond donors (Lipinski definition) is 2. The maximum atomic E-state index is 12.5. The monoisotopic (exact) mass is 285 g/mol. The molecule has 20 heavy (non-hydrogen) atoms. The number of carbonyl (C=O) groups excluding carboxylic acids is 2. The molecule has 0 aromatic carbocycles. The van der Waals surface area contributed by atoms with Gasteiger partial charge in [-0.05, 0) is 40.5 Å². The van der Waals surface area contributed by atoms with Crippen LogP contribution in [0.1, 0.15) is 40.5 Å². The van der Waals surface area contributed by atoms with E-state index in [-0.39, 0.29) is 6.04 Å². The van der Waals surface area contributed by atoms with Gasteiger partial charge in [0.15, 0.2) is 0 Å². The van der Waals surface area contributed by atoms with Gasteiger partial charge in [0, 0.05) is 30.8 Å². The molecule has 116 valence electrons. The summed E-state index contributed by atoms with van der Waals surface area (Å²) in [4.78, 5) is 26.1. The Bertz CT molecular complexity index is 362. The van der Waals surface area contributed by atoms with E-state index in [4.69, 9.17) is 10.5 Å². The van der Waals surface area contributed by atoms with Gasteiger partial charge in [-0.1, -0.05) is 0 Å². The number of likely N-dealkylation sites (tertiary alicyclic amines) is 1. The Hall–Kier alpha value is -1.14. The van der Waals surface area contributed by atoms with Gasteiger partial charge in [0.25, 0.3) is 0 Å². The molecule has 0 unspecified atom stereocenters. The van der Waals surface area contributed by atoms with Crippen molar-refractivity contribution in [2.75, 3.05) is 20.3 Å². The van der Waals surface area contributed by atoms with Gasteiger partial charge in [0.05, 0.1) is 6.61 Å². The second-order valence-corrected chi connectivity index (χ2v) is 6.68. The van der Waals surface area contributed by atoms with Crippen LogP contribution in [-0.2, 0) is 14.3 Å². The van der Waals surface area contributed by atoms with Gasteiger partial charge >= 0.3 is 11.8 Å². The number of piperidine rings is 1. The molecule has 6 nitrogen and oxygen atoms in total. The summed E-state index contributed by atoms with van der Waals surface area (Å²) in [6.45, 7) is 8.52. The van der Waals surface area contributed by atoms with Gasteiger partial charge in [-0.2, -0.15) is 0 Å². The van der Waals surface area contributed by atoms with Crippen LogP contribution in [0.4, 0.5) is 0 Å². The fraction of sp³-hybridized carbons (Fsp3) is 0.857. The Labute approximate surface area is 121 Å². The van der Waals surface area contributed by atoms with Crippen molar-refractivity contribution < 1.29 is 14.3 Å². The number of methoxy groups -OCH3 is 1. The minimum atomic E-state index is -0.585. The average Bonchev–Trinajstić information content (AvgIpc) is 2.24. The molecule has 0 aromatic heterocycles. The number of hydrogen-bond acceptors (Lipinski definition) is 4. The molecule has 1 saturated heterocycles. The summed E-state index contributed by atoms with van der Waals surface area (Å²) in [6, 6.07) is 0.0422. The van der Waals surface area contributed by atoms with Crippen LogP contribution in [0.2, 0.25) is 0 Å². The average molecular weight is 285 g/mol. The normalized spacial score (nSPS) is 21.6. The summed E-state index contributed by atoms with van der Waals surface area (Å²) in [6.07, 6.45) is 1.38. The molecule has 0 bridgehead atoms. The van der Waals surface area contributed by atoms with E-state index in [0.29, 0.717) is 26.0 Å². The summed E-state index contributed by atoms with van der Waals surface area (Å²) >= 11 is 0. The minimum Gasteiger partial charge on any atom is -0.383 e. The molecule has 1 heterocycles. The molecule has 0 saturated carbocycles. The van der Waals surface area contributed by atoms with Crippen molar-refractivity contribution in [1.29, 1.82) is 0 Å². The lowest BCUT2D eigenvalue weighted by Gasteiger charge is -2.54. The number of amides is 2. The number of carbonyl (C=O) groups is 2. The molecule has 0 radical (unpaired) electrons. The lowest BCUT2D eigenvalue weighted by atomic mass is 9.77. The molecule has 1 rings (SSSR count). The topological polar surface area (TPSA) is 84.7 Å². The summed E-state index contributed by atoms with van der Waals surface area (Å²) in [5.41, 5.74) is 5.20. The molecule has 0 aromatic rings. The van der Waals surface area contributed by atoms with E-state index in [1.165, 1.54) is 0 Å². The Kier molecular flexibility index (Phi) is 5.15. The van der Waals surface area contributed by atoms with Crippen molar-refractivity contribution in [3.8, 4) is 0 Å². The first-order valence-electron chi connectivity index (χ1n) is 6.99. The van der Waals surface area contributed by atoms with E-state index in [1.54, 1.807) is 12.0 Å². The predicted octanol–water partition coefficient (Wildman–Crippen LogP) is 0.256. The van der Waals surface area contributed by atoms with Crippen LogP contribution in [-0.4, -0.2) is 54.1 Å². The zero-order chi connectivity index (χ0) is 15.6. The summed E-state index contributed by atoms with van der Waals surface area (Å²) in [7, 11) is 1.55. The number of nitrogens with two attached hydrogens (primary N) is 1. The highest BCUT2D eigenvalue weighted by Gasteiger charge is 2.48. The zero-order valence-corrected chi connectivity index (χ0v) is 13.2. The quantitative estimate of drug-likeness (QED) is 0.575. The highest BCUT2D eigenvalue weighted by Crippen LogP contribution is 2.37. The van der Waals surface area contributed by atoms with Crippen molar-refractivity contribution >= 4 is 11.8 Å². The third-order valence-corrected chi connectivity index (χ3v) is 3.72. The molecule has 1 aliphatic heterocycles. The Morgan fingerprint density at radius 1 is 1.25 bits per heavy atom. The van der Waals surface area contributed by atoms with Gasteiger partial charge in [-0.15, -0.1) is 0 Å². The summed E-state index contributed by atoms with van der Waals surface area (Å²) in [5, 5.41) is 2.58. The van der Waals surface area contributed by atoms with Crippen LogP contribution >= 0.6 is 0 Å². The second-order valence-electron chi connectivity index (χ2n) is 6.68. The van der Waals surface area contributed by atoms with Crippen molar-refractivity contribution in [1.82, 2.24) is 10.2 Å². The molecule has 6 heteroatoms. The number of nitrogens with one attached hydrogen (secondary N) is 1. The highest BCUT2D eigenvalue weighted by molar-refractivity contribution is 6.35. The first-order chi connectivity index (χ1) is 9.12. The van der Waals surface area contributed by atoms with Crippen molar-refractivity contribution in [3.05, 3.63) is 0 Å². The zero-order valence-electron chi connectivity index (χ0n) is 13.2. The van der Waals surface area contributed by atoms with Crippen LogP contribution in [0.5, 0.6) is 0 Å². The molecule has 0 atom stereocenters. The van der Waals surface area contributed by atoms with Crippen LogP contribution in [0.15, 0.2) is 0 Å². The first kappa shape index (κ1) is 16.9. The van der Waals surface area contributed by atoms with Crippen molar-refractivity contribution in [2.24, 2.45) is 5.73 Å². The number of rotatable bonds is 3. The standard InChI is InChI=1S/C14H27N3O3/c1-13(2)8-10(15)9-14(3,4)17(13)12(19)11(18)16-6-7-20-5/h10H,6-9,15H2,1-5H3,(H,16,18). The summed E-state index contributed by atoms with van der Waals surface area (Å²) in [5.74, 6) is -1.08. The minimum absolute atomic E-state index is 0.0422. The van der Waals surface area contributed by atoms with E-state index in [2.05, 4.69) is 5.32 Å². The predicted molar refractivity (Wildman–Crippen MR) is 77.1 cm³/mol. The Morgan fingerprint density at radius 3 is 2.20 bits per heavy atom. The number of nitrogens with zero attached hydrogens (tertiary/aromatic N) is 1. The third kappa shape index (κ3) is 3.70. The lowest BCUT2D eigenvalue weighted by molar-refractivity contribution is -0.159. The Morgan fingerprint density at radius 2 is 1.75 bits per heavy atom. The molecule has 2 amide bonds. The van der Waals surface area contributed by atoms with Crippen LogP contribution < -0.4 is 11.1 Å². The number of ether oxygens (including phenoxy) is 1. The molecular formula is C14H27N3O3. The van der Waals surface area contributed by atoms with Crippen LogP contribution in [0.3, 0.4) is 0 Å². The second kappa shape index (κ2) is 6.10. The lowest BCUT2D eigenvalue weighted by Crippen LogP contribution is -2.67. The van der Waals surface area contributed by atoms with E-state index in [1.807, 2.05) is 27.7 Å². The smallest absolute Gasteiger partial charge is 0.312 e. The van der Waals surface area contributed by atoms with Gasteiger partial charge in [-0.25, -0.2) is 0 Å². The van der Waals surface area contributed by atoms with E-state index in [0.717, 1.165) is 0 Å². The van der Waals surface area contributed by atoms with Gasteiger partial charge in [0.2, 0.25) is 0 Å². The van der Waals surface area contributed by atoms with Crippen LogP contribution in [0.25, 0.3) is 0 Å². The maximum absolute atomic E-state index is 12.5. The summed E-state index contributed by atoms with van der Waals surface area (Å²) < 4.78 is 4.86. The largest absolute Gasteiger partial charge is 0.383 e. The first-order valence-corrected chi connectivity index (χ1v) is 6.99. The third-order valence-electron chi connectivity index (χ3n) is 3.72. The molecule has 0 spiro atoms. The molecular weight excluding hydrogens is 258 g/mol. The maximum Gasteiger partial charge on any atom is 0.312 e. The van der Waals surface area contributed by atoms with Crippen molar-refractivity contribution in [3.63, 3.8) is 0 Å². The fourth-order valence-corrected chi connectivity index (χ4v) is 3.35. The highest BCUT2D eigenvalue weighted by atomic mass is 16.5. The van der Waals surface area contributed by atoms with E-state index >= 15 is 0 Å².